The average Bonchev–Trinajstić information content (AvgIpc) is 4.22. The first-order chi connectivity index (χ1) is 38.1. The number of hydrogen-bond acceptors (Lipinski definition) is 4. The summed E-state index contributed by atoms with van der Waals surface area (Å²) in [6.07, 6.45) is 1.94. The summed E-state index contributed by atoms with van der Waals surface area (Å²) in [5.41, 5.74) is 21.9. The number of nitrogens with zero attached hydrogens (tertiary/aromatic N) is 5. The molecule has 386 valence electrons. The molecule has 12 aromatic rings. The summed E-state index contributed by atoms with van der Waals surface area (Å²) in [5.74, 6) is 0.858. The zero-order chi connectivity index (χ0) is 52.7. The van der Waals surface area contributed by atoms with Crippen LogP contribution >= 0.6 is 0 Å². The van der Waals surface area contributed by atoms with E-state index < -0.39 is 0 Å². The standard InChI is InChI=1S/C73H56N5.Pt/c1-72(2,3)52-43-44-74-68(45-52)78-64-36-18-16-31-59(64)60-40-39-55(47-67(60)78)77(70-56(49-23-9-6-10-24-49)33-22-34-57(70)50-25-11-7-12-26-50)54-30-21-29-53(46-54)75-48-76(66-38-20-19-37-65(66)75)71-58(51-27-13-8-14-28-51)41-42-63-69(71)61-32-15-17-35-62(61)73(63,4)5;/h6-45,48H,1-5H3;/q-3;. The van der Waals surface area contributed by atoms with Crippen molar-refractivity contribution in [2.24, 2.45) is 0 Å². The van der Waals surface area contributed by atoms with Crippen molar-refractivity contribution in [2.45, 2.75) is 45.4 Å². The Morgan fingerprint density at radius 2 is 1.08 bits per heavy atom. The van der Waals surface area contributed by atoms with E-state index in [0.29, 0.717) is 0 Å². The molecule has 0 spiro atoms. The van der Waals surface area contributed by atoms with Gasteiger partial charge in [-0.25, -0.2) is 4.98 Å². The van der Waals surface area contributed by atoms with Gasteiger partial charge in [-0.05, 0) is 80.1 Å². The summed E-state index contributed by atoms with van der Waals surface area (Å²) in [5, 5.41) is 2.25. The average molecular weight is 1200 g/mol. The van der Waals surface area contributed by atoms with E-state index in [1.807, 2.05) is 6.20 Å². The first-order valence-corrected chi connectivity index (χ1v) is 27.0. The summed E-state index contributed by atoms with van der Waals surface area (Å²) < 4.78 is 2.29. The minimum Gasteiger partial charge on any atom is -0.493 e. The Labute approximate surface area is 478 Å². The van der Waals surface area contributed by atoms with Gasteiger partial charge in [0, 0.05) is 77.5 Å². The van der Waals surface area contributed by atoms with Gasteiger partial charge in [0.05, 0.1) is 5.69 Å². The zero-order valence-corrected chi connectivity index (χ0v) is 47.0. The van der Waals surface area contributed by atoms with E-state index in [9.17, 15) is 0 Å². The van der Waals surface area contributed by atoms with Gasteiger partial charge in [0.25, 0.3) is 0 Å². The molecule has 2 aliphatic rings. The molecule has 2 aromatic heterocycles. The Kier molecular flexibility index (Phi) is 12.4. The zero-order valence-electron chi connectivity index (χ0n) is 44.7. The predicted molar refractivity (Wildman–Crippen MR) is 325 cm³/mol. The maximum absolute atomic E-state index is 5.07. The monoisotopic (exact) mass is 1200 g/mol. The van der Waals surface area contributed by atoms with Crippen LogP contribution in [0.3, 0.4) is 0 Å². The van der Waals surface area contributed by atoms with Crippen molar-refractivity contribution >= 4 is 61.6 Å². The van der Waals surface area contributed by atoms with Gasteiger partial charge in [0.1, 0.15) is 5.82 Å². The van der Waals surface area contributed by atoms with Gasteiger partial charge in [-0.2, -0.15) is 12.1 Å². The van der Waals surface area contributed by atoms with Crippen molar-refractivity contribution < 1.29 is 21.1 Å². The van der Waals surface area contributed by atoms with E-state index in [-0.39, 0.29) is 31.9 Å². The molecule has 14 rings (SSSR count). The fourth-order valence-electron chi connectivity index (χ4n) is 12.2. The third-order valence-electron chi connectivity index (χ3n) is 16.0. The Morgan fingerprint density at radius 3 is 1.77 bits per heavy atom. The second-order valence-electron chi connectivity index (χ2n) is 22.1. The number of hydrogen-bond donors (Lipinski definition) is 0. The van der Waals surface area contributed by atoms with Crippen molar-refractivity contribution in [1.82, 2.24) is 9.55 Å². The molecule has 0 saturated heterocycles. The molecule has 10 aromatic carbocycles. The number of rotatable bonds is 9. The third-order valence-corrected chi connectivity index (χ3v) is 16.0. The van der Waals surface area contributed by atoms with Gasteiger partial charge >= 0.3 is 0 Å². The van der Waals surface area contributed by atoms with Crippen LogP contribution in [0.5, 0.6) is 0 Å². The predicted octanol–water partition coefficient (Wildman–Crippen LogP) is 19.3. The van der Waals surface area contributed by atoms with Crippen LogP contribution in [0.4, 0.5) is 39.8 Å². The van der Waals surface area contributed by atoms with Crippen LogP contribution in [0.15, 0.2) is 243 Å². The molecule has 0 radical (unpaired) electrons. The summed E-state index contributed by atoms with van der Waals surface area (Å²) >= 11 is 0. The van der Waals surface area contributed by atoms with Gasteiger partial charge in [-0.3, -0.25) is 0 Å². The maximum Gasteiger partial charge on any atom is 0.135 e. The molecule has 0 amide bonds. The normalized spacial score (nSPS) is 13.3. The summed E-state index contributed by atoms with van der Waals surface area (Å²) in [6, 6.07) is 93.6. The van der Waals surface area contributed by atoms with Crippen LogP contribution in [-0.4, -0.2) is 9.55 Å². The largest absolute Gasteiger partial charge is 0.493 e. The number of aromatic nitrogens is 2. The SMILES string of the molecule is CC(C)(C)c1ccnc(-n2c3[c-]c(N(c4[c-]c(N5[CH-]N(c6c(-c7ccccc7)ccc7c6-c6ccccc6C7(C)C)c6ccccc65)ccc4)c4c(-c5ccccc5)cccc4-c4ccccc4)ccc3c3ccccc32)c1.[Pt]. The number of para-hydroxylation sites is 4. The van der Waals surface area contributed by atoms with Crippen molar-refractivity contribution in [3.8, 4) is 50.3 Å². The molecule has 0 saturated carbocycles. The van der Waals surface area contributed by atoms with Crippen LogP contribution in [0, 0.1) is 18.8 Å². The summed E-state index contributed by atoms with van der Waals surface area (Å²) in [6.45, 7) is 13.8. The Hall–Kier alpha value is -8.76. The minimum absolute atomic E-state index is 0. The topological polar surface area (TPSA) is 27.5 Å². The van der Waals surface area contributed by atoms with E-state index in [2.05, 4.69) is 309 Å². The van der Waals surface area contributed by atoms with Crippen LogP contribution in [0.2, 0.25) is 0 Å². The van der Waals surface area contributed by atoms with Crippen molar-refractivity contribution in [3.05, 3.63) is 278 Å². The van der Waals surface area contributed by atoms with Crippen LogP contribution in [-0.2, 0) is 31.9 Å². The molecule has 1 aliphatic carbocycles. The molecular formula is C73H56N5Pt-3. The fourth-order valence-corrected chi connectivity index (χ4v) is 12.2. The van der Waals surface area contributed by atoms with Crippen LogP contribution in [0.25, 0.3) is 72.1 Å². The number of anilines is 7. The third kappa shape index (κ3) is 8.30. The fraction of sp³-hybridized carbons (Fsp3) is 0.0959. The molecule has 0 N–H and O–H groups in total. The maximum atomic E-state index is 5.07. The van der Waals surface area contributed by atoms with Gasteiger partial charge in [-0.15, -0.1) is 48.1 Å². The Bertz CT molecular complexity index is 4210. The first-order valence-electron chi connectivity index (χ1n) is 27.0. The van der Waals surface area contributed by atoms with E-state index in [4.69, 9.17) is 4.98 Å². The molecule has 0 fully saturated rings. The molecule has 0 unspecified atom stereocenters. The Morgan fingerprint density at radius 1 is 0.494 bits per heavy atom. The van der Waals surface area contributed by atoms with Gasteiger partial charge in [0.2, 0.25) is 0 Å². The molecule has 0 bridgehead atoms. The quantitative estimate of drug-likeness (QED) is 0.135. The van der Waals surface area contributed by atoms with Gasteiger partial charge in [0.15, 0.2) is 0 Å². The summed E-state index contributed by atoms with van der Waals surface area (Å²) in [4.78, 5) is 12.2. The molecule has 79 heavy (non-hydrogen) atoms. The van der Waals surface area contributed by atoms with Gasteiger partial charge in [-0.1, -0.05) is 227 Å². The smallest absolute Gasteiger partial charge is 0.135 e. The molecular weight excluding hydrogens is 1140 g/mol. The Balaban J connectivity index is 0.00000591. The first kappa shape index (κ1) is 49.8. The summed E-state index contributed by atoms with van der Waals surface area (Å²) in [7, 11) is 0. The van der Waals surface area contributed by atoms with E-state index in [1.54, 1.807) is 0 Å². The van der Waals surface area contributed by atoms with Crippen molar-refractivity contribution in [1.29, 1.82) is 0 Å². The number of benzene rings is 10. The van der Waals surface area contributed by atoms with E-state index in [0.717, 1.165) is 89.7 Å². The van der Waals surface area contributed by atoms with E-state index in [1.165, 1.54) is 38.9 Å². The number of pyridine rings is 1. The number of fused-ring (bicyclic) bond motifs is 7. The second kappa shape index (κ2) is 19.6. The van der Waals surface area contributed by atoms with E-state index >= 15 is 0 Å². The molecule has 3 heterocycles. The van der Waals surface area contributed by atoms with Crippen LogP contribution < -0.4 is 14.7 Å². The van der Waals surface area contributed by atoms with Gasteiger partial charge < -0.3 is 19.3 Å². The molecule has 1 aliphatic heterocycles. The van der Waals surface area contributed by atoms with Crippen LogP contribution in [0.1, 0.15) is 51.3 Å². The van der Waals surface area contributed by atoms with Crippen molar-refractivity contribution in [2.75, 3.05) is 14.7 Å². The van der Waals surface area contributed by atoms with Crippen molar-refractivity contribution in [3.63, 3.8) is 0 Å². The molecule has 0 atom stereocenters. The molecule has 6 heteroatoms. The second-order valence-corrected chi connectivity index (χ2v) is 22.1. The molecule has 5 nitrogen and oxygen atoms in total. The minimum atomic E-state index is -0.184.